The zero-order valence-corrected chi connectivity index (χ0v) is 9.00. The Kier molecular flexibility index (Phi) is 2.48. The molecule has 0 bridgehead atoms. The van der Waals surface area contributed by atoms with Gasteiger partial charge in [-0.3, -0.25) is 0 Å². The van der Waals surface area contributed by atoms with Gasteiger partial charge in [-0.2, -0.15) is 0 Å². The molecule has 0 radical (unpaired) electrons. The third kappa shape index (κ3) is 1.90. The van der Waals surface area contributed by atoms with E-state index >= 15 is 0 Å². The lowest BCUT2D eigenvalue weighted by molar-refractivity contribution is 0.405. The van der Waals surface area contributed by atoms with Crippen molar-refractivity contribution < 1.29 is 8.42 Å². The molecule has 2 rings (SSSR count). The SMILES string of the molecule is O=S1(=O)CCC(n2nncc2Cl)CC1. The summed E-state index contributed by atoms with van der Waals surface area (Å²) >= 11 is 5.83. The number of aromatic nitrogens is 3. The van der Waals surface area contributed by atoms with E-state index in [-0.39, 0.29) is 17.5 Å². The number of halogens is 1. The van der Waals surface area contributed by atoms with Crippen molar-refractivity contribution in [3.63, 3.8) is 0 Å². The van der Waals surface area contributed by atoms with Gasteiger partial charge in [0.15, 0.2) is 0 Å². The number of hydrogen-bond acceptors (Lipinski definition) is 4. The van der Waals surface area contributed by atoms with Crippen molar-refractivity contribution in [2.75, 3.05) is 11.5 Å². The van der Waals surface area contributed by atoms with Crippen LogP contribution in [0.2, 0.25) is 5.15 Å². The maximum atomic E-state index is 11.2. The van der Waals surface area contributed by atoms with Gasteiger partial charge in [-0.15, -0.1) is 5.10 Å². The number of sulfone groups is 1. The summed E-state index contributed by atoms with van der Waals surface area (Å²) in [5.41, 5.74) is 0. The summed E-state index contributed by atoms with van der Waals surface area (Å²) in [5, 5.41) is 7.96. The van der Waals surface area contributed by atoms with Crippen molar-refractivity contribution in [2.45, 2.75) is 18.9 Å². The Labute approximate surface area is 87.0 Å². The maximum absolute atomic E-state index is 11.2. The average molecular weight is 236 g/mol. The Hall–Kier alpha value is -0.620. The van der Waals surface area contributed by atoms with Crippen LogP contribution in [0.4, 0.5) is 0 Å². The van der Waals surface area contributed by atoms with Gasteiger partial charge in [-0.05, 0) is 12.8 Å². The van der Waals surface area contributed by atoms with E-state index in [4.69, 9.17) is 11.6 Å². The molecule has 14 heavy (non-hydrogen) atoms. The first-order chi connectivity index (χ1) is 6.58. The third-order valence-corrected chi connectivity index (χ3v) is 4.39. The monoisotopic (exact) mass is 235 g/mol. The van der Waals surface area contributed by atoms with Crippen molar-refractivity contribution in [3.8, 4) is 0 Å². The summed E-state index contributed by atoms with van der Waals surface area (Å²) in [6, 6.07) is 0.0773. The van der Waals surface area contributed by atoms with Crippen LogP contribution in [-0.2, 0) is 9.84 Å². The van der Waals surface area contributed by atoms with E-state index in [0.29, 0.717) is 18.0 Å². The summed E-state index contributed by atoms with van der Waals surface area (Å²) in [4.78, 5) is 0. The van der Waals surface area contributed by atoms with Gasteiger partial charge in [0.05, 0.1) is 23.7 Å². The van der Waals surface area contributed by atoms with Crippen molar-refractivity contribution >= 4 is 21.4 Å². The second-order valence-electron chi connectivity index (χ2n) is 3.38. The van der Waals surface area contributed by atoms with Gasteiger partial charge in [0, 0.05) is 0 Å². The molecule has 1 aromatic heterocycles. The fourth-order valence-electron chi connectivity index (χ4n) is 1.60. The number of nitrogens with zero attached hydrogens (tertiary/aromatic N) is 3. The first kappa shape index (κ1) is 9.92. The second-order valence-corrected chi connectivity index (χ2v) is 6.08. The fraction of sp³-hybridized carbons (Fsp3) is 0.714. The second kappa shape index (κ2) is 3.51. The van der Waals surface area contributed by atoms with E-state index in [1.807, 2.05) is 0 Å². The van der Waals surface area contributed by atoms with Crippen LogP contribution < -0.4 is 0 Å². The van der Waals surface area contributed by atoms with Crippen molar-refractivity contribution in [1.29, 1.82) is 0 Å². The molecule has 5 nitrogen and oxygen atoms in total. The summed E-state index contributed by atoms with van der Waals surface area (Å²) in [5.74, 6) is 0.432. The van der Waals surface area contributed by atoms with Gasteiger partial charge in [-0.25, -0.2) is 13.1 Å². The quantitative estimate of drug-likeness (QED) is 0.718. The van der Waals surface area contributed by atoms with Gasteiger partial charge in [-0.1, -0.05) is 16.8 Å². The van der Waals surface area contributed by atoms with Gasteiger partial charge < -0.3 is 0 Å². The molecule has 0 aromatic carbocycles. The van der Waals surface area contributed by atoms with Crippen LogP contribution in [0.25, 0.3) is 0 Å². The fourth-order valence-corrected chi connectivity index (χ4v) is 3.28. The first-order valence-electron chi connectivity index (χ1n) is 4.34. The van der Waals surface area contributed by atoms with Crippen molar-refractivity contribution in [3.05, 3.63) is 11.3 Å². The molecule has 0 N–H and O–H groups in total. The maximum Gasteiger partial charge on any atom is 0.150 e. The summed E-state index contributed by atoms with van der Waals surface area (Å²) in [6.07, 6.45) is 2.61. The van der Waals surface area contributed by atoms with Crippen LogP contribution in [0.1, 0.15) is 18.9 Å². The molecule has 0 aliphatic carbocycles. The molecule has 0 unspecified atom stereocenters. The Bertz CT molecular complexity index is 414. The summed E-state index contributed by atoms with van der Waals surface area (Å²) in [6.45, 7) is 0. The van der Waals surface area contributed by atoms with Crippen LogP contribution in [-0.4, -0.2) is 34.9 Å². The van der Waals surface area contributed by atoms with E-state index in [1.54, 1.807) is 4.68 Å². The predicted octanol–water partition coefficient (Wildman–Crippen LogP) is 0.681. The molecule has 0 spiro atoms. The van der Waals surface area contributed by atoms with Gasteiger partial charge in [0.1, 0.15) is 15.0 Å². The van der Waals surface area contributed by atoms with E-state index in [0.717, 1.165) is 0 Å². The first-order valence-corrected chi connectivity index (χ1v) is 6.54. The summed E-state index contributed by atoms with van der Waals surface area (Å²) < 4.78 is 23.9. The zero-order chi connectivity index (χ0) is 10.2. The molecule has 78 valence electrons. The molecule has 1 saturated heterocycles. The molecule has 1 aliphatic heterocycles. The Morgan fingerprint density at radius 3 is 2.57 bits per heavy atom. The van der Waals surface area contributed by atoms with Crippen LogP contribution in [0.5, 0.6) is 0 Å². The molecule has 1 aromatic rings. The van der Waals surface area contributed by atoms with E-state index in [9.17, 15) is 8.42 Å². The smallest absolute Gasteiger partial charge is 0.150 e. The van der Waals surface area contributed by atoms with E-state index in [1.165, 1.54) is 6.20 Å². The molecule has 7 heteroatoms. The lowest BCUT2D eigenvalue weighted by Gasteiger charge is -2.21. The van der Waals surface area contributed by atoms with Crippen LogP contribution in [0, 0.1) is 0 Å². The van der Waals surface area contributed by atoms with Crippen molar-refractivity contribution in [1.82, 2.24) is 15.0 Å². The van der Waals surface area contributed by atoms with Crippen molar-refractivity contribution in [2.24, 2.45) is 0 Å². The van der Waals surface area contributed by atoms with Gasteiger partial charge in [0.2, 0.25) is 0 Å². The highest BCUT2D eigenvalue weighted by atomic mass is 35.5. The molecule has 2 heterocycles. The van der Waals surface area contributed by atoms with Crippen LogP contribution in [0.3, 0.4) is 0 Å². The highest BCUT2D eigenvalue weighted by Crippen LogP contribution is 2.25. The largest absolute Gasteiger partial charge is 0.231 e. The Morgan fingerprint density at radius 2 is 2.07 bits per heavy atom. The van der Waals surface area contributed by atoms with E-state index < -0.39 is 9.84 Å². The minimum absolute atomic E-state index is 0.0773. The van der Waals surface area contributed by atoms with Gasteiger partial charge >= 0.3 is 0 Å². The lowest BCUT2D eigenvalue weighted by atomic mass is 10.2. The molecule has 0 amide bonds. The van der Waals surface area contributed by atoms with E-state index in [2.05, 4.69) is 10.3 Å². The normalized spacial score (nSPS) is 22.4. The highest BCUT2D eigenvalue weighted by molar-refractivity contribution is 7.91. The minimum Gasteiger partial charge on any atom is -0.231 e. The van der Waals surface area contributed by atoms with Crippen LogP contribution >= 0.6 is 11.6 Å². The third-order valence-electron chi connectivity index (χ3n) is 2.40. The summed E-state index contributed by atoms with van der Waals surface area (Å²) in [7, 11) is -2.82. The molecule has 0 atom stereocenters. The predicted molar refractivity (Wildman–Crippen MR) is 52.0 cm³/mol. The molecule has 1 fully saturated rings. The molecular weight excluding hydrogens is 226 g/mol. The lowest BCUT2D eigenvalue weighted by Crippen LogP contribution is -2.26. The minimum atomic E-state index is -2.82. The van der Waals surface area contributed by atoms with Gasteiger partial charge in [0.25, 0.3) is 0 Å². The zero-order valence-electron chi connectivity index (χ0n) is 7.43. The molecule has 0 saturated carbocycles. The number of rotatable bonds is 1. The highest BCUT2D eigenvalue weighted by Gasteiger charge is 2.26. The Balaban J connectivity index is 2.13. The standard InChI is InChI=1S/C7H10ClN3O2S/c8-7-5-9-10-11(7)6-1-3-14(12,13)4-2-6/h5-6H,1-4H2. The molecule has 1 aliphatic rings. The molecular formula is C7H10ClN3O2S. The average Bonchev–Trinajstić information content (AvgIpc) is 2.52. The Morgan fingerprint density at radius 1 is 1.43 bits per heavy atom. The number of hydrogen-bond donors (Lipinski definition) is 0. The topological polar surface area (TPSA) is 64.8 Å². The van der Waals surface area contributed by atoms with Crippen LogP contribution in [0.15, 0.2) is 6.20 Å².